The van der Waals surface area contributed by atoms with Gasteiger partial charge in [-0.3, -0.25) is 25.0 Å². The summed E-state index contributed by atoms with van der Waals surface area (Å²) in [5, 5.41) is 13.7. The number of carbonyl (C=O) groups is 3. The molecule has 0 atom stereocenters. The Kier molecular flexibility index (Phi) is 7.24. The van der Waals surface area contributed by atoms with Crippen molar-refractivity contribution in [3.8, 4) is 11.5 Å². The van der Waals surface area contributed by atoms with E-state index >= 15 is 0 Å². The van der Waals surface area contributed by atoms with Crippen LogP contribution in [0, 0.1) is 10.1 Å². The van der Waals surface area contributed by atoms with Gasteiger partial charge in [0.15, 0.2) is 0 Å². The molecule has 14 heteroatoms. The Morgan fingerprint density at radius 2 is 1.74 bits per heavy atom. The van der Waals surface area contributed by atoms with Crippen LogP contribution in [-0.4, -0.2) is 22.8 Å². The van der Waals surface area contributed by atoms with Gasteiger partial charge < -0.3 is 4.74 Å². The Morgan fingerprint density at radius 1 is 1.03 bits per heavy atom. The fourth-order valence-corrected chi connectivity index (χ4v) is 4.07. The second-order valence-electron chi connectivity index (χ2n) is 7.67. The van der Waals surface area contributed by atoms with Gasteiger partial charge in [-0.05, 0) is 70.0 Å². The highest BCUT2D eigenvalue weighted by atomic mass is 79.9. The number of ether oxygens (including phenoxy) is 1. The molecule has 1 fully saturated rings. The third kappa shape index (κ3) is 5.53. The maximum Gasteiger partial charge on any atom is 0.416 e. The minimum Gasteiger partial charge on any atom is -0.449 e. The van der Waals surface area contributed by atoms with Gasteiger partial charge in [0, 0.05) is 11.1 Å². The summed E-state index contributed by atoms with van der Waals surface area (Å²) >= 11 is 9.15. The molecule has 3 aromatic rings. The molecule has 0 bridgehead atoms. The van der Waals surface area contributed by atoms with Crippen LogP contribution in [0.3, 0.4) is 0 Å². The number of benzene rings is 3. The number of nitrogens with one attached hydrogen (secondary N) is 1. The van der Waals surface area contributed by atoms with E-state index < -0.39 is 45.9 Å². The summed E-state index contributed by atoms with van der Waals surface area (Å²) in [5.41, 5.74) is -2.04. The molecule has 1 saturated heterocycles. The Balaban J connectivity index is 1.64. The van der Waals surface area contributed by atoms with E-state index in [-0.39, 0.29) is 26.5 Å². The van der Waals surface area contributed by atoms with Crippen LogP contribution in [0.2, 0.25) is 5.02 Å². The zero-order chi connectivity index (χ0) is 27.8. The third-order valence-electron chi connectivity index (χ3n) is 5.14. The van der Waals surface area contributed by atoms with Gasteiger partial charge in [0.2, 0.25) is 5.75 Å². The number of hydrogen-bond donors (Lipinski definition) is 1. The normalized spacial score (nSPS) is 15.0. The number of nitrogens with zero attached hydrogens (tertiary/aromatic N) is 2. The Hall–Kier alpha value is -4.23. The molecule has 4 amide bonds. The van der Waals surface area contributed by atoms with Gasteiger partial charge in [0.05, 0.1) is 20.6 Å². The second-order valence-corrected chi connectivity index (χ2v) is 8.96. The summed E-state index contributed by atoms with van der Waals surface area (Å²) in [6.45, 7) is 0. The van der Waals surface area contributed by atoms with Crippen molar-refractivity contribution in [2.24, 2.45) is 0 Å². The van der Waals surface area contributed by atoms with Crippen molar-refractivity contribution < 1.29 is 37.2 Å². The molecule has 3 aromatic carbocycles. The average molecular weight is 611 g/mol. The lowest BCUT2D eigenvalue weighted by molar-refractivity contribution is -0.385. The number of anilines is 1. The Labute approximate surface area is 224 Å². The van der Waals surface area contributed by atoms with E-state index in [4.69, 9.17) is 16.3 Å². The molecule has 9 nitrogen and oxygen atoms in total. The lowest BCUT2D eigenvalue weighted by atomic mass is 10.1. The maximum absolute atomic E-state index is 13.0. The number of halogens is 5. The average Bonchev–Trinajstić information content (AvgIpc) is 2.82. The summed E-state index contributed by atoms with van der Waals surface area (Å²) in [4.78, 5) is 48.8. The fourth-order valence-electron chi connectivity index (χ4n) is 3.40. The van der Waals surface area contributed by atoms with Crippen LogP contribution in [0.15, 0.2) is 70.7 Å². The highest BCUT2D eigenvalue weighted by molar-refractivity contribution is 9.10. The number of rotatable bonds is 5. The molecule has 1 aliphatic heterocycles. The van der Waals surface area contributed by atoms with Gasteiger partial charge in [-0.15, -0.1) is 0 Å². The van der Waals surface area contributed by atoms with Crippen LogP contribution >= 0.6 is 27.5 Å². The molecular weight excluding hydrogens is 599 g/mol. The highest BCUT2D eigenvalue weighted by Gasteiger charge is 2.37. The van der Waals surface area contributed by atoms with Crippen molar-refractivity contribution in [1.82, 2.24) is 5.32 Å². The molecule has 38 heavy (non-hydrogen) atoms. The summed E-state index contributed by atoms with van der Waals surface area (Å²) < 4.78 is 44.5. The second kappa shape index (κ2) is 10.3. The zero-order valence-corrected chi connectivity index (χ0v) is 20.9. The number of alkyl halides is 3. The van der Waals surface area contributed by atoms with Gasteiger partial charge in [-0.1, -0.05) is 23.7 Å². The SMILES string of the molecule is O=C1NC(=O)N(c2cccc(Cl)c2)C(=O)/C1=C/c1ccc(Oc2ccc(C(F)(F)F)cc2[N+](=O)[O-])c(Br)c1. The van der Waals surface area contributed by atoms with Crippen LogP contribution in [-0.2, 0) is 15.8 Å². The van der Waals surface area contributed by atoms with E-state index in [0.29, 0.717) is 17.7 Å². The quantitative estimate of drug-likeness (QED) is 0.153. The Bertz CT molecular complexity index is 1540. The number of barbiturate groups is 1. The molecule has 0 spiro atoms. The molecule has 4 rings (SSSR count). The lowest BCUT2D eigenvalue weighted by Gasteiger charge is -2.26. The van der Waals surface area contributed by atoms with Gasteiger partial charge >= 0.3 is 17.9 Å². The van der Waals surface area contributed by atoms with Crippen molar-refractivity contribution in [3.05, 3.63) is 97.0 Å². The van der Waals surface area contributed by atoms with E-state index in [0.717, 1.165) is 11.0 Å². The molecule has 0 aromatic heterocycles. The lowest BCUT2D eigenvalue weighted by Crippen LogP contribution is -2.54. The first-order valence-corrected chi connectivity index (χ1v) is 11.5. The maximum atomic E-state index is 13.0. The van der Waals surface area contributed by atoms with Crippen molar-refractivity contribution in [2.75, 3.05) is 4.90 Å². The number of hydrogen-bond acceptors (Lipinski definition) is 6. The van der Waals surface area contributed by atoms with Gasteiger partial charge in [-0.25, -0.2) is 9.69 Å². The summed E-state index contributed by atoms with van der Waals surface area (Å²) in [5.74, 6) is -2.27. The summed E-state index contributed by atoms with van der Waals surface area (Å²) in [7, 11) is 0. The predicted octanol–water partition coefficient (Wildman–Crippen LogP) is 6.49. The van der Waals surface area contributed by atoms with E-state index in [1.165, 1.54) is 42.5 Å². The van der Waals surface area contributed by atoms with Crippen molar-refractivity contribution >= 4 is 62.8 Å². The zero-order valence-electron chi connectivity index (χ0n) is 18.6. The minimum atomic E-state index is -4.78. The van der Waals surface area contributed by atoms with E-state index in [1.807, 2.05) is 0 Å². The van der Waals surface area contributed by atoms with Crippen LogP contribution < -0.4 is 15.0 Å². The first-order valence-electron chi connectivity index (χ1n) is 10.3. The van der Waals surface area contributed by atoms with Gasteiger partial charge in [-0.2, -0.15) is 13.2 Å². The van der Waals surface area contributed by atoms with Crippen molar-refractivity contribution in [1.29, 1.82) is 0 Å². The number of carbonyl (C=O) groups excluding carboxylic acids is 3. The number of amides is 4. The van der Waals surface area contributed by atoms with E-state index in [1.54, 1.807) is 6.07 Å². The third-order valence-corrected chi connectivity index (χ3v) is 5.99. The molecule has 1 N–H and O–H groups in total. The van der Waals surface area contributed by atoms with E-state index in [2.05, 4.69) is 21.2 Å². The molecule has 0 aliphatic carbocycles. The van der Waals surface area contributed by atoms with Crippen molar-refractivity contribution in [3.63, 3.8) is 0 Å². The van der Waals surface area contributed by atoms with Crippen LogP contribution in [0.25, 0.3) is 6.08 Å². The smallest absolute Gasteiger partial charge is 0.416 e. The highest BCUT2D eigenvalue weighted by Crippen LogP contribution is 2.39. The van der Waals surface area contributed by atoms with Gasteiger partial charge in [0.1, 0.15) is 11.3 Å². The number of urea groups is 1. The first-order chi connectivity index (χ1) is 17.8. The molecule has 0 saturated carbocycles. The molecule has 1 aliphatic rings. The first kappa shape index (κ1) is 26.8. The molecular formula is C24H12BrClF3N3O6. The molecule has 1 heterocycles. The van der Waals surface area contributed by atoms with Gasteiger partial charge in [0.25, 0.3) is 11.8 Å². The fraction of sp³-hybridized carbons (Fsp3) is 0.0417. The predicted molar refractivity (Wildman–Crippen MR) is 133 cm³/mol. The summed E-state index contributed by atoms with van der Waals surface area (Å²) in [6, 6.07) is 10.9. The monoisotopic (exact) mass is 609 g/mol. The largest absolute Gasteiger partial charge is 0.449 e. The molecule has 194 valence electrons. The molecule has 0 radical (unpaired) electrons. The minimum absolute atomic E-state index is 0.00478. The van der Waals surface area contributed by atoms with Crippen LogP contribution in [0.5, 0.6) is 11.5 Å². The standard InChI is InChI=1S/C24H12BrClF3N3O6/c25-17-9-12(4-6-19(17)38-20-7-5-13(24(27,28)29)10-18(20)32(36)37)8-16-21(33)30-23(35)31(22(16)34)15-3-1-2-14(26)11-15/h1-11H,(H,30,33,35)/b16-8+. The summed E-state index contributed by atoms with van der Waals surface area (Å²) in [6.07, 6.45) is -3.58. The van der Waals surface area contributed by atoms with E-state index in [9.17, 15) is 37.7 Å². The van der Waals surface area contributed by atoms with Crippen molar-refractivity contribution in [2.45, 2.75) is 6.18 Å². The topological polar surface area (TPSA) is 119 Å². The number of nitro benzene ring substituents is 1. The molecule has 0 unspecified atom stereocenters. The Morgan fingerprint density at radius 3 is 2.37 bits per heavy atom. The van der Waals surface area contributed by atoms with Crippen LogP contribution in [0.4, 0.5) is 29.3 Å². The van der Waals surface area contributed by atoms with Crippen LogP contribution in [0.1, 0.15) is 11.1 Å². The number of nitro groups is 1. The number of imide groups is 2.